The lowest BCUT2D eigenvalue weighted by molar-refractivity contribution is 0.0606. The van der Waals surface area contributed by atoms with E-state index in [9.17, 15) is 14.0 Å². The van der Waals surface area contributed by atoms with Crippen molar-refractivity contribution in [2.45, 2.75) is 44.9 Å². The molecule has 238 valence electrons. The summed E-state index contributed by atoms with van der Waals surface area (Å²) < 4.78 is 39.1. The van der Waals surface area contributed by atoms with Crippen molar-refractivity contribution in [1.82, 2.24) is 24.0 Å². The number of nitrogens with zero attached hydrogens (tertiary/aromatic N) is 5. The number of likely N-dealkylation sites (tertiary alicyclic amines) is 1. The van der Waals surface area contributed by atoms with Gasteiger partial charge in [0.05, 0.1) is 36.1 Å². The normalized spacial score (nSPS) is 18.4. The number of amides is 2. The first-order chi connectivity index (χ1) is 22.0. The Kier molecular flexibility index (Phi) is 7.27. The fraction of sp³-hybridized carbons (Fsp3) is 0.353. The topological polar surface area (TPSA) is 134 Å². The van der Waals surface area contributed by atoms with E-state index in [2.05, 4.69) is 4.57 Å². The molecule has 0 radical (unpaired) electrons. The highest BCUT2D eigenvalue weighted by atomic mass is 19.1. The van der Waals surface area contributed by atoms with Crippen molar-refractivity contribution in [3.63, 3.8) is 0 Å². The largest absolute Gasteiger partial charge is 0.494 e. The molecule has 2 amide bonds. The van der Waals surface area contributed by atoms with E-state index in [0.29, 0.717) is 50.9 Å². The minimum Gasteiger partial charge on any atom is -0.494 e. The molecule has 1 aliphatic carbocycles. The number of hydrogen-bond acceptors (Lipinski definition) is 6. The summed E-state index contributed by atoms with van der Waals surface area (Å²) in [7, 11) is 3.44. The van der Waals surface area contributed by atoms with E-state index >= 15 is 4.39 Å². The number of ether oxygens (including phenoxy) is 1. The van der Waals surface area contributed by atoms with Crippen LogP contribution in [-0.2, 0) is 13.6 Å². The second kappa shape index (κ2) is 11.2. The van der Waals surface area contributed by atoms with Gasteiger partial charge in [0.1, 0.15) is 28.9 Å². The Morgan fingerprint density at radius 2 is 1.87 bits per heavy atom. The van der Waals surface area contributed by atoms with Gasteiger partial charge < -0.3 is 30.2 Å². The molecule has 1 aliphatic heterocycles. The maximum Gasteiger partial charge on any atom is 0.254 e. The maximum atomic E-state index is 15.0. The summed E-state index contributed by atoms with van der Waals surface area (Å²) in [5, 5.41) is 0.892. The Bertz CT molecular complexity index is 2040. The van der Waals surface area contributed by atoms with Gasteiger partial charge in [0.15, 0.2) is 5.82 Å². The van der Waals surface area contributed by atoms with Crippen molar-refractivity contribution >= 4 is 33.9 Å². The van der Waals surface area contributed by atoms with Gasteiger partial charge in [0.2, 0.25) is 0 Å². The molecular weight excluding hydrogens is 592 g/mol. The van der Waals surface area contributed by atoms with Crippen molar-refractivity contribution in [1.29, 1.82) is 0 Å². The number of aromatic nitrogens is 4. The minimum absolute atomic E-state index is 0.00192. The number of carbonyl (C=O) groups is 2. The van der Waals surface area contributed by atoms with Gasteiger partial charge >= 0.3 is 0 Å². The molecule has 0 unspecified atom stereocenters. The van der Waals surface area contributed by atoms with Crippen LogP contribution in [0, 0.1) is 18.7 Å². The zero-order valence-electron chi connectivity index (χ0n) is 25.9. The molecule has 2 aliphatic rings. The molecule has 46 heavy (non-hydrogen) atoms. The fourth-order valence-electron chi connectivity index (χ4n) is 6.60. The highest BCUT2D eigenvalue weighted by Crippen LogP contribution is 2.38. The zero-order chi connectivity index (χ0) is 32.4. The number of hydrogen-bond donors (Lipinski definition) is 2. The summed E-state index contributed by atoms with van der Waals surface area (Å²) in [4.78, 5) is 36.6. The number of fused-ring (bicyclic) bond motifs is 2. The molecule has 4 N–H and O–H groups in total. The van der Waals surface area contributed by atoms with Crippen LogP contribution in [-0.4, -0.2) is 68.2 Å². The maximum absolute atomic E-state index is 15.0. The number of primary amides is 1. The molecule has 1 saturated heterocycles. The number of rotatable bonds is 7. The third-order valence-corrected chi connectivity index (χ3v) is 9.16. The van der Waals surface area contributed by atoms with Crippen LogP contribution in [0.25, 0.3) is 44.8 Å². The van der Waals surface area contributed by atoms with E-state index in [1.807, 2.05) is 29.8 Å². The third kappa shape index (κ3) is 5.06. The first kappa shape index (κ1) is 29.8. The number of aryl methyl sites for hydroxylation is 1. The van der Waals surface area contributed by atoms with Crippen molar-refractivity contribution in [3.8, 4) is 28.5 Å². The molecule has 4 heterocycles. The van der Waals surface area contributed by atoms with Gasteiger partial charge in [-0.1, -0.05) is 6.07 Å². The Morgan fingerprint density at radius 3 is 2.57 bits per heavy atom. The molecule has 5 aromatic rings. The average molecular weight is 628 g/mol. The first-order valence-electron chi connectivity index (χ1n) is 15.4. The molecular formula is C34H35F2N7O3. The minimum atomic E-state index is -1.17. The summed E-state index contributed by atoms with van der Waals surface area (Å²) in [6, 6.07) is 11.9. The number of pyridine rings is 1. The lowest BCUT2D eigenvalue weighted by Crippen LogP contribution is -2.50. The number of imidazole rings is 1. The van der Waals surface area contributed by atoms with Gasteiger partial charge in [-0.3, -0.25) is 9.59 Å². The molecule has 10 nitrogen and oxygen atoms in total. The Morgan fingerprint density at radius 1 is 1.09 bits per heavy atom. The second-order valence-corrected chi connectivity index (χ2v) is 12.5. The van der Waals surface area contributed by atoms with Gasteiger partial charge in [-0.05, 0) is 74.1 Å². The van der Waals surface area contributed by atoms with Crippen LogP contribution >= 0.6 is 0 Å². The van der Waals surface area contributed by atoms with E-state index in [-0.39, 0.29) is 31.0 Å². The molecule has 3 aromatic heterocycles. The van der Waals surface area contributed by atoms with Crippen LogP contribution < -0.4 is 16.2 Å². The number of methoxy groups -OCH3 is 1. The standard InChI is InChI=1S/C34H35F2N7O3/c1-17-23(7-8-24(29(17)36)31(38)44)25-9-6-19-11-27(43(32(19)39-25)14-18-4-5-18)33-40-26-10-20(12-28(46-3)30(26)41(33)2)34(45)42-15-21(35)13-22(37)16-42/h6-12,18,21-22H,4-5,13-16,37H2,1-3H3,(H2,38,44)/t21-,22-/m1/s1. The van der Waals surface area contributed by atoms with Gasteiger partial charge in [0, 0.05) is 42.7 Å². The van der Waals surface area contributed by atoms with Crippen LogP contribution in [0.4, 0.5) is 8.78 Å². The van der Waals surface area contributed by atoms with Crippen molar-refractivity contribution in [2.75, 3.05) is 20.2 Å². The smallest absolute Gasteiger partial charge is 0.254 e. The third-order valence-electron chi connectivity index (χ3n) is 9.16. The Balaban J connectivity index is 1.34. The number of piperidine rings is 1. The predicted octanol–water partition coefficient (Wildman–Crippen LogP) is 4.73. The van der Waals surface area contributed by atoms with Crippen LogP contribution in [0.1, 0.15) is 45.5 Å². The van der Waals surface area contributed by atoms with Crippen molar-refractivity contribution in [3.05, 3.63) is 65.0 Å². The highest BCUT2D eigenvalue weighted by Gasteiger charge is 2.31. The van der Waals surface area contributed by atoms with E-state index in [1.165, 1.54) is 11.0 Å². The predicted molar refractivity (Wildman–Crippen MR) is 171 cm³/mol. The average Bonchev–Trinajstić information content (AvgIpc) is 3.70. The first-order valence-corrected chi connectivity index (χ1v) is 15.4. The number of nitrogens with two attached hydrogens (primary N) is 2. The Hall–Kier alpha value is -4.84. The molecule has 1 saturated carbocycles. The molecule has 2 fully saturated rings. The summed E-state index contributed by atoms with van der Waals surface area (Å²) >= 11 is 0. The van der Waals surface area contributed by atoms with Crippen LogP contribution in [0.2, 0.25) is 0 Å². The lowest BCUT2D eigenvalue weighted by Gasteiger charge is -2.33. The van der Waals surface area contributed by atoms with Gasteiger partial charge in [-0.15, -0.1) is 0 Å². The molecule has 7 rings (SSSR count). The lowest BCUT2D eigenvalue weighted by atomic mass is 10.0. The van der Waals surface area contributed by atoms with E-state index < -0.39 is 23.9 Å². The van der Waals surface area contributed by atoms with E-state index in [4.69, 9.17) is 26.2 Å². The summed E-state index contributed by atoms with van der Waals surface area (Å²) in [5.41, 5.74) is 15.8. The fourth-order valence-corrected chi connectivity index (χ4v) is 6.60. The monoisotopic (exact) mass is 627 g/mol. The number of halogens is 2. The van der Waals surface area contributed by atoms with Gasteiger partial charge in [-0.2, -0.15) is 0 Å². The summed E-state index contributed by atoms with van der Waals surface area (Å²) in [6.07, 6.45) is 1.29. The van der Waals surface area contributed by atoms with Gasteiger partial charge in [0.25, 0.3) is 11.8 Å². The van der Waals surface area contributed by atoms with Crippen LogP contribution in [0.3, 0.4) is 0 Å². The Labute approximate surface area is 263 Å². The van der Waals surface area contributed by atoms with Crippen LogP contribution in [0.5, 0.6) is 5.75 Å². The second-order valence-electron chi connectivity index (χ2n) is 12.5. The van der Waals surface area contributed by atoms with Crippen LogP contribution in [0.15, 0.2) is 42.5 Å². The summed E-state index contributed by atoms with van der Waals surface area (Å²) in [5.74, 6) is -0.159. The number of benzene rings is 2. The van der Waals surface area contributed by atoms with E-state index in [0.717, 1.165) is 36.1 Å². The quantitative estimate of drug-likeness (QED) is 0.268. The molecule has 2 aromatic carbocycles. The molecule has 12 heteroatoms. The molecule has 2 atom stereocenters. The zero-order valence-corrected chi connectivity index (χ0v) is 25.9. The number of carbonyl (C=O) groups excluding carboxylic acids is 2. The highest BCUT2D eigenvalue weighted by molar-refractivity contribution is 6.00. The van der Waals surface area contributed by atoms with E-state index in [1.54, 1.807) is 32.2 Å². The van der Waals surface area contributed by atoms with Gasteiger partial charge in [-0.25, -0.2) is 18.7 Å². The van der Waals surface area contributed by atoms with Crippen molar-refractivity contribution < 1.29 is 23.1 Å². The van der Waals surface area contributed by atoms with Crippen molar-refractivity contribution in [2.24, 2.45) is 24.4 Å². The molecule has 0 spiro atoms. The SMILES string of the molecule is COc1cc(C(=O)N2C[C@H](N)C[C@@H](F)C2)cc2nc(-c3cc4ccc(-c5ccc(C(N)=O)c(F)c5C)nc4n3CC3CC3)n(C)c12. The number of alkyl halides is 1. The summed E-state index contributed by atoms with van der Waals surface area (Å²) in [6.45, 7) is 2.62. The molecule has 0 bridgehead atoms.